The number of nitrogens with one attached hydrogen (secondary N) is 1. The van der Waals surface area contributed by atoms with Crippen molar-refractivity contribution in [2.45, 2.75) is 32.7 Å². The van der Waals surface area contributed by atoms with E-state index in [0.717, 1.165) is 10.7 Å². The zero-order valence-electron chi connectivity index (χ0n) is 11.6. The molecule has 0 amide bonds. The second kappa shape index (κ2) is 6.00. The summed E-state index contributed by atoms with van der Waals surface area (Å²) in [4.78, 5) is 19.9. The topological polar surface area (TPSA) is 75.1 Å². The first-order valence-corrected chi connectivity index (χ1v) is 7.26. The maximum absolute atomic E-state index is 11.2. The zero-order chi connectivity index (χ0) is 14.7. The lowest BCUT2D eigenvalue weighted by molar-refractivity contribution is 0.0696. The third kappa shape index (κ3) is 3.33. The molecule has 5 nitrogen and oxygen atoms in total. The predicted octanol–water partition coefficient (Wildman–Crippen LogP) is 3.53. The molecule has 0 spiro atoms. The molecule has 0 aromatic carbocycles. The molecule has 0 fully saturated rings. The van der Waals surface area contributed by atoms with Gasteiger partial charge in [0, 0.05) is 17.3 Å². The van der Waals surface area contributed by atoms with Gasteiger partial charge in [0.1, 0.15) is 10.8 Å². The number of hydrogen-bond acceptors (Lipinski definition) is 5. The molecule has 0 aliphatic heterocycles. The standard InChI is InChI=1S/C14H17N3O2S/c1-8(2)11-6-10(14(18)19)7-12(17-11)16-9(3)13-15-4-5-20-13/h4-9H,1-3H3,(H,16,17)(H,18,19). The molecule has 1 atom stereocenters. The van der Waals surface area contributed by atoms with Crippen molar-refractivity contribution in [3.05, 3.63) is 40.0 Å². The van der Waals surface area contributed by atoms with E-state index in [0.29, 0.717) is 5.82 Å². The van der Waals surface area contributed by atoms with E-state index < -0.39 is 5.97 Å². The van der Waals surface area contributed by atoms with Crippen LogP contribution in [0.4, 0.5) is 5.82 Å². The summed E-state index contributed by atoms with van der Waals surface area (Å²) in [7, 11) is 0. The van der Waals surface area contributed by atoms with Gasteiger partial charge in [-0.3, -0.25) is 0 Å². The zero-order valence-corrected chi connectivity index (χ0v) is 12.4. The Labute approximate surface area is 121 Å². The molecule has 20 heavy (non-hydrogen) atoms. The van der Waals surface area contributed by atoms with E-state index in [4.69, 9.17) is 5.11 Å². The number of nitrogens with zero attached hydrogens (tertiary/aromatic N) is 2. The Morgan fingerprint density at radius 3 is 2.65 bits per heavy atom. The molecule has 2 heterocycles. The van der Waals surface area contributed by atoms with Gasteiger partial charge in [0.25, 0.3) is 0 Å². The van der Waals surface area contributed by atoms with Gasteiger partial charge in [0.2, 0.25) is 0 Å². The molecule has 0 saturated carbocycles. The molecule has 0 saturated heterocycles. The second-order valence-electron chi connectivity index (χ2n) is 4.86. The first-order valence-electron chi connectivity index (χ1n) is 6.38. The fraction of sp³-hybridized carbons (Fsp3) is 0.357. The highest BCUT2D eigenvalue weighted by atomic mass is 32.1. The maximum Gasteiger partial charge on any atom is 0.335 e. The molecule has 0 radical (unpaired) electrons. The van der Waals surface area contributed by atoms with Gasteiger partial charge < -0.3 is 10.4 Å². The first kappa shape index (κ1) is 14.5. The Kier molecular flexibility index (Phi) is 4.34. The van der Waals surface area contributed by atoms with Crippen LogP contribution in [0, 0.1) is 0 Å². The Morgan fingerprint density at radius 1 is 1.35 bits per heavy atom. The van der Waals surface area contributed by atoms with Crippen LogP contribution in [0.25, 0.3) is 0 Å². The highest BCUT2D eigenvalue weighted by molar-refractivity contribution is 7.09. The summed E-state index contributed by atoms with van der Waals surface area (Å²) in [6, 6.07) is 3.16. The Morgan fingerprint density at radius 2 is 2.10 bits per heavy atom. The van der Waals surface area contributed by atoms with E-state index >= 15 is 0 Å². The minimum atomic E-state index is -0.945. The van der Waals surface area contributed by atoms with E-state index in [9.17, 15) is 4.79 Å². The molecule has 2 N–H and O–H groups in total. The highest BCUT2D eigenvalue weighted by Crippen LogP contribution is 2.23. The predicted molar refractivity (Wildman–Crippen MR) is 79.4 cm³/mol. The summed E-state index contributed by atoms with van der Waals surface area (Å²) >= 11 is 1.55. The molecule has 0 aliphatic carbocycles. The Hall–Kier alpha value is -1.95. The van der Waals surface area contributed by atoms with Crippen molar-refractivity contribution in [3.8, 4) is 0 Å². The molecule has 6 heteroatoms. The SMILES string of the molecule is CC(C)c1cc(C(=O)O)cc(NC(C)c2nccs2)n1. The fourth-order valence-corrected chi connectivity index (χ4v) is 2.42. The van der Waals surface area contributed by atoms with Crippen LogP contribution >= 0.6 is 11.3 Å². The van der Waals surface area contributed by atoms with Crippen LogP contribution in [0.3, 0.4) is 0 Å². The number of rotatable bonds is 5. The number of aromatic carboxylic acids is 1. The third-order valence-corrected chi connectivity index (χ3v) is 3.83. The summed E-state index contributed by atoms with van der Waals surface area (Å²) in [5.74, 6) is -0.208. The molecule has 0 bridgehead atoms. The number of thiazole rings is 1. The smallest absolute Gasteiger partial charge is 0.335 e. The molecular weight excluding hydrogens is 274 g/mol. The lowest BCUT2D eigenvalue weighted by Crippen LogP contribution is -2.10. The summed E-state index contributed by atoms with van der Waals surface area (Å²) in [5, 5.41) is 15.2. The molecule has 0 aliphatic rings. The van der Waals surface area contributed by atoms with Gasteiger partial charge in [0.15, 0.2) is 0 Å². The lowest BCUT2D eigenvalue weighted by atomic mass is 10.1. The minimum absolute atomic E-state index is 0.00782. The average Bonchev–Trinajstić information content (AvgIpc) is 2.92. The summed E-state index contributed by atoms with van der Waals surface area (Å²) in [6.45, 7) is 5.95. The van der Waals surface area contributed by atoms with Gasteiger partial charge in [-0.1, -0.05) is 13.8 Å². The van der Waals surface area contributed by atoms with E-state index in [-0.39, 0.29) is 17.5 Å². The number of pyridine rings is 1. The van der Waals surface area contributed by atoms with Crippen molar-refractivity contribution < 1.29 is 9.90 Å². The van der Waals surface area contributed by atoms with E-state index in [1.807, 2.05) is 26.2 Å². The number of anilines is 1. The summed E-state index contributed by atoms with van der Waals surface area (Å²) in [5.41, 5.74) is 1.01. The van der Waals surface area contributed by atoms with Crippen LogP contribution < -0.4 is 5.32 Å². The number of carboxylic acids is 1. The first-order chi connectivity index (χ1) is 9.47. The summed E-state index contributed by atoms with van der Waals surface area (Å²) < 4.78 is 0. The molecular formula is C14H17N3O2S. The van der Waals surface area contributed by atoms with Gasteiger partial charge in [-0.05, 0) is 25.0 Å². The molecule has 106 valence electrons. The van der Waals surface area contributed by atoms with Gasteiger partial charge in [-0.2, -0.15) is 0 Å². The van der Waals surface area contributed by atoms with E-state index in [1.165, 1.54) is 0 Å². The van der Waals surface area contributed by atoms with E-state index in [2.05, 4.69) is 15.3 Å². The van der Waals surface area contributed by atoms with Crippen molar-refractivity contribution in [2.75, 3.05) is 5.32 Å². The van der Waals surface area contributed by atoms with Crippen molar-refractivity contribution in [2.24, 2.45) is 0 Å². The molecule has 2 aromatic heterocycles. The monoisotopic (exact) mass is 291 g/mol. The Bertz CT molecular complexity index is 596. The van der Waals surface area contributed by atoms with Crippen molar-refractivity contribution in [1.29, 1.82) is 0 Å². The average molecular weight is 291 g/mol. The van der Waals surface area contributed by atoms with Gasteiger partial charge >= 0.3 is 5.97 Å². The molecule has 2 rings (SSSR count). The highest BCUT2D eigenvalue weighted by Gasteiger charge is 2.13. The van der Waals surface area contributed by atoms with Crippen LogP contribution in [-0.4, -0.2) is 21.0 Å². The van der Waals surface area contributed by atoms with Crippen molar-refractivity contribution >= 4 is 23.1 Å². The number of hydrogen-bond donors (Lipinski definition) is 2. The maximum atomic E-state index is 11.2. The Balaban J connectivity index is 2.28. The number of carboxylic acid groups (broad SMARTS) is 1. The number of carbonyl (C=O) groups is 1. The van der Waals surface area contributed by atoms with Crippen molar-refractivity contribution in [3.63, 3.8) is 0 Å². The normalized spacial score (nSPS) is 12.4. The van der Waals surface area contributed by atoms with Gasteiger partial charge in [-0.15, -0.1) is 11.3 Å². The quantitative estimate of drug-likeness (QED) is 0.881. The largest absolute Gasteiger partial charge is 0.478 e. The van der Waals surface area contributed by atoms with Crippen LogP contribution in [0.2, 0.25) is 0 Å². The summed E-state index contributed by atoms with van der Waals surface area (Å²) in [6.07, 6.45) is 1.75. The van der Waals surface area contributed by atoms with Crippen LogP contribution in [0.5, 0.6) is 0 Å². The van der Waals surface area contributed by atoms with Crippen LogP contribution in [0.15, 0.2) is 23.7 Å². The van der Waals surface area contributed by atoms with Crippen molar-refractivity contribution in [1.82, 2.24) is 9.97 Å². The lowest BCUT2D eigenvalue weighted by Gasteiger charge is -2.15. The number of aromatic nitrogens is 2. The fourth-order valence-electron chi connectivity index (χ4n) is 1.78. The minimum Gasteiger partial charge on any atom is -0.478 e. The second-order valence-corrected chi connectivity index (χ2v) is 5.79. The molecule has 1 unspecified atom stereocenters. The van der Waals surface area contributed by atoms with Crippen LogP contribution in [-0.2, 0) is 0 Å². The van der Waals surface area contributed by atoms with Gasteiger partial charge in [0.05, 0.1) is 11.6 Å². The third-order valence-electron chi connectivity index (χ3n) is 2.87. The van der Waals surface area contributed by atoms with Gasteiger partial charge in [-0.25, -0.2) is 14.8 Å². The molecule has 2 aromatic rings. The van der Waals surface area contributed by atoms with Crippen LogP contribution in [0.1, 0.15) is 53.8 Å². The van der Waals surface area contributed by atoms with E-state index in [1.54, 1.807) is 29.7 Å².